The minimum absolute atomic E-state index is 0.179. The average Bonchev–Trinajstić information content (AvgIpc) is 3.01. The van der Waals surface area contributed by atoms with Crippen LogP contribution in [0.4, 0.5) is 0 Å². The van der Waals surface area contributed by atoms with E-state index < -0.39 is 6.10 Å². The molecule has 0 bridgehead atoms. The van der Waals surface area contributed by atoms with Gasteiger partial charge in [0, 0.05) is 18.1 Å². The van der Waals surface area contributed by atoms with Gasteiger partial charge >= 0.3 is 0 Å². The van der Waals surface area contributed by atoms with Crippen molar-refractivity contribution in [3.8, 4) is 11.4 Å². The molecule has 1 amide bonds. The van der Waals surface area contributed by atoms with Gasteiger partial charge in [-0.15, -0.1) is 0 Å². The van der Waals surface area contributed by atoms with Crippen molar-refractivity contribution in [1.29, 1.82) is 0 Å². The second kappa shape index (κ2) is 7.57. The molecule has 1 saturated carbocycles. The van der Waals surface area contributed by atoms with E-state index in [0.717, 1.165) is 44.1 Å². The van der Waals surface area contributed by atoms with Gasteiger partial charge in [-0.2, -0.15) is 4.98 Å². The Morgan fingerprint density at radius 2 is 2.04 bits per heavy atom. The highest BCUT2D eigenvalue weighted by Crippen LogP contribution is 2.20. The van der Waals surface area contributed by atoms with Crippen molar-refractivity contribution in [2.45, 2.75) is 57.6 Å². The molecular formula is C18H23N3O3. The topological polar surface area (TPSA) is 88.2 Å². The van der Waals surface area contributed by atoms with Crippen LogP contribution in [0.25, 0.3) is 11.4 Å². The van der Waals surface area contributed by atoms with Gasteiger partial charge in [-0.1, -0.05) is 43.0 Å². The summed E-state index contributed by atoms with van der Waals surface area (Å²) in [7, 11) is 0. The number of aliphatic hydroxyl groups is 1. The van der Waals surface area contributed by atoms with Crippen molar-refractivity contribution in [2.24, 2.45) is 0 Å². The molecule has 1 aliphatic rings. The van der Waals surface area contributed by atoms with Crippen molar-refractivity contribution >= 4 is 5.91 Å². The molecule has 24 heavy (non-hydrogen) atoms. The number of carbonyl (C=O) groups excluding carboxylic acids is 1. The highest BCUT2D eigenvalue weighted by atomic mass is 16.5. The number of aromatic nitrogens is 2. The summed E-state index contributed by atoms with van der Waals surface area (Å²) in [6.07, 6.45) is 5.45. The van der Waals surface area contributed by atoms with Crippen LogP contribution < -0.4 is 5.32 Å². The first-order chi connectivity index (χ1) is 11.6. The summed E-state index contributed by atoms with van der Waals surface area (Å²) in [5.41, 5.74) is 1.27. The first-order valence-corrected chi connectivity index (χ1v) is 8.53. The zero-order valence-corrected chi connectivity index (χ0v) is 13.9. The lowest BCUT2D eigenvalue weighted by Gasteiger charge is -2.26. The third-order valence-corrected chi connectivity index (χ3v) is 4.46. The maximum atomic E-state index is 12.6. The molecule has 1 aliphatic carbocycles. The molecule has 0 aliphatic heterocycles. The van der Waals surface area contributed by atoms with Crippen molar-refractivity contribution in [1.82, 2.24) is 15.5 Å². The van der Waals surface area contributed by atoms with Crippen molar-refractivity contribution < 1.29 is 14.4 Å². The van der Waals surface area contributed by atoms with Gasteiger partial charge in [0.25, 0.3) is 5.91 Å². The third kappa shape index (κ3) is 4.00. The zero-order valence-electron chi connectivity index (χ0n) is 13.9. The minimum Gasteiger partial charge on any atom is -0.391 e. The van der Waals surface area contributed by atoms with E-state index in [2.05, 4.69) is 15.5 Å². The summed E-state index contributed by atoms with van der Waals surface area (Å²) in [6, 6.07) is 6.94. The molecule has 128 valence electrons. The molecular weight excluding hydrogens is 306 g/mol. The van der Waals surface area contributed by atoms with E-state index in [1.807, 2.05) is 6.07 Å². The molecule has 2 N–H and O–H groups in total. The Hall–Kier alpha value is -2.21. The first-order valence-electron chi connectivity index (χ1n) is 8.53. The first kappa shape index (κ1) is 16.6. The monoisotopic (exact) mass is 329 g/mol. The van der Waals surface area contributed by atoms with Crippen LogP contribution in [0.15, 0.2) is 28.8 Å². The number of benzene rings is 1. The Bertz CT molecular complexity index is 698. The smallest absolute Gasteiger partial charge is 0.251 e. The van der Waals surface area contributed by atoms with Crippen LogP contribution in [0.5, 0.6) is 0 Å². The quantitative estimate of drug-likeness (QED) is 0.904. The lowest BCUT2D eigenvalue weighted by Crippen LogP contribution is -2.43. The van der Waals surface area contributed by atoms with Gasteiger partial charge in [-0.25, -0.2) is 0 Å². The lowest BCUT2D eigenvalue weighted by atomic mass is 9.94. The van der Waals surface area contributed by atoms with Crippen LogP contribution in [0, 0.1) is 6.92 Å². The van der Waals surface area contributed by atoms with Gasteiger partial charge in [-0.3, -0.25) is 4.79 Å². The molecule has 1 aromatic heterocycles. The highest BCUT2D eigenvalue weighted by Gasteiger charge is 2.23. The largest absolute Gasteiger partial charge is 0.391 e. The van der Waals surface area contributed by atoms with Gasteiger partial charge in [0.05, 0.1) is 12.1 Å². The minimum atomic E-state index is -0.475. The number of nitrogens with one attached hydrogen (secondary N) is 1. The van der Waals surface area contributed by atoms with E-state index in [1.54, 1.807) is 25.1 Å². The molecule has 0 saturated heterocycles. The zero-order chi connectivity index (χ0) is 16.9. The Kier molecular flexibility index (Phi) is 5.25. The normalized spacial score (nSPS) is 21.8. The van der Waals surface area contributed by atoms with Crippen molar-refractivity contribution in [3.63, 3.8) is 0 Å². The van der Waals surface area contributed by atoms with Gasteiger partial charge < -0.3 is 14.9 Å². The van der Waals surface area contributed by atoms with Gasteiger partial charge in [0.2, 0.25) is 11.7 Å². The number of hydrogen-bond acceptors (Lipinski definition) is 5. The fraction of sp³-hybridized carbons (Fsp3) is 0.500. The van der Waals surface area contributed by atoms with Gasteiger partial charge in [-0.05, 0) is 25.0 Å². The lowest BCUT2D eigenvalue weighted by molar-refractivity contribution is 0.0771. The van der Waals surface area contributed by atoms with Crippen LogP contribution in [0.2, 0.25) is 0 Å². The Labute approximate surface area is 141 Å². The molecule has 0 radical (unpaired) electrons. The fourth-order valence-electron chi connectivity index (χ4n) is 3.10. The van der Waals surface area contributed by atoms with E-state index >= 15 is 0 Å². The summed E-state index contributed by atoms with van der Waals surface area (Å²) in [5, 5.41) is 17.1. The number of amides is 1. The van der Waals surface area contributed by atoms with E-state index in [9.17, 15) is 9.90 Å². The Morgan fingerprint density at radius 1 is 1.25 bits per heavy atom. The second-order valence-electron chi connectivity index (χ2n) is 6.36. The standard InChI is InChI=1S/C18H23N3O3/c1-12-19-17(21-24-12)13-7-6-8-14(11-13)18(23)20-15-9-4-2-3-5-10-16(15)22/h6-8,11,15-16,22H,2-5,9-10H2,1H3,(H,20,23)/t15-,16-/m0/s1. The second-order valence-corrected chi connectivity index (χ2v) is 6.36. The van der Waals surface area contributed by atoms with Crippen LogP contribution in [-0.2, 0) is 0 Å². The molecule has 3 rings (SSSR count). The Balaban J connectivity index is 1.72. The summed E-state index contributed by atoms with van der Waals surface area (Å²) in [5.74, 6) is 0.771. The molecule has 0 spiro atoms. The fourth-order valence-corrected chi connectivity index (χ4v) is 3.10. The molecule has 1 fully saturated rings. The van der Waals surface area contributed by atoms with Gasteiger partial charge in [0.1, 0.15) is 0 Å². The van der Waals surface area contributed by atoms with Crippen molar-refractivity contribution in [2.75, 3.05) is 0 Å². The van der Waals surface area contributed by atoms with E-state index in [0.29, 0.717) is 17.3 Å². The summed E-state index contributed by atoms with van der Waals surface area (Å²) < 4.78 is 4.99. The average molecular weight is 329 g/mol. The molecule has 1 heterocycles. The molecule has 2 atom stereocenters. The summed E-state index contributed by atoms with van der Waals surface area (Å²) >= 11 is 0. The van der Waals surface area contributed by atoms with Crippen LogP contribution in [0.3, 0.4) is 0 Å². The van der Waals surface area contributed by atoms with Crippen LogP contribution >= 0.6 is 0 Å². The maximum absolute atomic E-state index is 12.6. The SMILES string of the molecule is Cc1nc(-c2cccc(C(=O)N[C@H]3CCCCCC[C@@H]3O)c2)no1. The van der Waals surface area contributed by atoms with E-state index in [-0.39, 0.29) is 11.9 Å². The van der Waals surface area contributed by atoms with Crippen LogP contribution in [0.1, 0.15) is 54.8 Å². The highest BCUT2D eigenvalue weighted by molar-refractivity contribution is 5.95. The summed E-state index contributed by atoms with van der Waals surface area (Å²) in [6.45, 7) is 1.73. The molecule has 0 unspecified atom stereocenters. The number of carbonyl (C=O) groups is 1. The van der Waals surface area contributed by atoms with Gasteiger partial charge in [0.15, 0.2) is 0 Å². The number of aliphatic hydroxyl groups excluding tert-OH is 1. The number of nitrogens with zero attached hydrogens (tertiary/aromatic N) is 2. The van der Waals surface area contributed by atoms with E-state index in [4.69, 9.17) is 4.52 Å². The predicted octanol–water partition coefficient (Wildman–Crippen LogP) is 2.86. The summed E-state index contributed by atoms with van der Waals surface area (Å²) in [4.78, 5) is 16.7. The predicted molar refractivity (Wildman–Crippen MR) is 89.4 cm³/mol. The number of rotatable bonds is 3. The Morgan fingerprint density at radius 3 is 2.79 bits per heavy atom. The third-order valence-electron chi connectivity index (χ3n) is 4.46. The maximum Gasteiger partial charge on any atom is 0.251 e. The molecule has 2 aromatic rings. The van der Waals surface area contributed by atoms with E-state index in [1.165, 1.54) is 0 Å². The van der Waals surface area contributed by atoms with Crippen LogP contribution in [-0.4, -0.2) is 33.3 Å². The molecule has 6 nitrogen and oxygen atoms in total. The number of aryl methyl sites for hydroxylation is 1. The molecule has 1 aromatic carbocycles. The molecule has 6 heteroatoms. The van der Waals surface area contributed by atoms with Crippen molar-refractivity contribution in [3.05, 3.63) is 35.7 Å². The number of hydrogen-bond donors (Lipinski definition) is 2.